The summed E-state index contributed by atoms with van der Waals surface area (Å²) in [6.45, 7) is 3.87. The number of rotatable bonds is 12. The van der Waals surface area contributed by atoms with Crippen LogP contribution in [0.2, 0.25) is 0 Å². The van der Waals surface area contributed by atoms with Crippen molar-refractivity contribution in [3.8, 4) is 0 Å². The molecule has 0 spiro atoms. The Morgan fingerprint density at radius 3 is 2.09 bits per heavy atom. The van der Waals surface area contributed by atoms with Gasteiger partial charge in [-0.25, -0.2) is 0 Å². The zero-order valence-corrected chi connectivity index (χ0v) is 14.3. The number of hydrogen-bond acceptors (Lipinski definition) is 5. The summed E-state index contributed by atoms with van der Waals surface area (Å²) in [7, 11) is 5.26. The summed E-state index contributed by atoms with van der Waals surface area (Å²) in [6, 6.07) is -1.12. The van der Waals surface area contributed by atoms with Gasteiger partial charge in [-0.2, -0.15) is 0 Å². The third-order valence-electron chi connectivity index (χ3n) is 4.09. The molecule has 0 aliphatic carbocycles. The molecule has 130 valence electrons. The maximum Gasteiger partial charge on any atom is 0.321 e. The Hall–Kier alpha value is -1.18. The first-order valence-electron chi connectivity index (χ1n) is 7.79. The molecule has 4 N–H and O–H groups in total. The number of carbonyl (C=O) groups is 2. The highest BCUT2D eigenvalue weighted by atomic mass is 16.4. The van der Waals surface area contributed by atoms with E-state index in [2.05, 4.69) is 10.6 Å². The lowest BCUT2D eigenvalue weighted by Crippen LogP contribution is -2.52. The van der Waals surface area contributed by atoms with Crippen LogP contribution in [0.25, 0.3) is 0 Å². The van der Waals surface area contributed by atoms with Crippen molar-refractivity contribution in [1.82, 2.24) is 15.5 Å². The number of carboxylic acid groups (broad SMARTS) is 2. The molecule has 0 aromatic heterocycles. The Morgan fingerprint density at radius 1 is 1.14 bits per heavy atom. The highest BCUT2D eigenvalue weighted by Gasteiger charge is 2.26. The fourth-order valence-electron chi connectivity index (χ4n) is 2.36. The standard InChI is InChI=1S/C15H31N3O4/c1-6-10(2)13(15(21)22)17-12(16-3)9-7-8-11(14(19)20)18(4)5/h10-13,16-17H,6-9H2,1-5H3,(H,19,20)(H,21,22)/t10-,11-,12?,13-/m0/s1. The van der Waals surface area contributed by atoms with E-state index in [0.717, 1.165) is 6.42 Å². The fourth-order valence-corrected chi connectivity index (χ4v) is 2.36. The third kappa shape index (κ3) is 7.20. The SMILES string of the molecule is CC[C@H](C)[C@H](NC(CCC[C@@H](C(=O)O)N(C)C)NC)C(=O)O. The van der Waals surface area contributed by atoms with E-state index in [1.807, 2.05) is 13.8 Å². The van der Waals surface area contributed by atoms with Crippen molar-refractivity contribution in [3.63, 3.8) is 0 Å². The molecule has 0 radical (unpaired) electrons. The van der Waals surface area contributed by atoms with E-state index < -0.39 is 24.0 Å². The van der Waals surface area contributed by atoms with Gasteiger partial charge in [0.1, 0.15) is 12.1 Å². The summed E-state index contributed by atoms with van der Waals surface area (Å²) in [5.41, 5.74) is 0. The summed E-state index contributed by atoms with van der Waals surface area (Å²) in [5, 5.41) is 24.6. The van der Waals surface area contributed by atoms with Crippen molar-refractivity contribution in [1.29, 1.82) is 0 Å². The van der Waals surface area contributed by atoms with E-state index in [4.69, 9.17) is 5.11 Å². The quantitative estimate of drug-likeness (QED) is 0.395. The van der Waals surface area contributed by atoms with E-state index in [1.54, 1.807) is 26.0 Å². The van der Waals surface area contributed by atoms with Gasteiger partial charge in [0, 0.05) is 0 Å². The molecule has 0 aliphatic rings. The highest BCUT2D eigenvalue weighted by molar-refractivity contribution is 5.74. The van der Waals surface area contributed by atoms with Crippen LogP contribution in [0.5, 0.6) is 0 Å². The largest absolute Gasteiger partial charge is 0.480 e. The van der Waals surface area contributed by atoms with Crippen molar-refractivity contribution in [2.45, 2.75) is 57.8 Å². The van der Waals surface area contributed by atoms with Gasteiger partial charge in [0.25, 0.3) is 0 Å². The van der Waals surface area contributed by atoms with Crippen molar-refractivity contribution >= 4 is 11.9 Å². The normalized spacial score (nSPS) is 17.0. The van der Waals surface area contributed by atoms with Crippen molar-refractivity contribution < 1.29 is 19.8 Å². The first kappa shape index (κ1) is 20.8. The molecule has 0 saturated carbocycles. The summed E-state index contributed by atoms with van der Waals surface area (Å²) in [6.07, 6.45) is 2.53. The van der Waals surface area contributed by atoms with Gasteiger partial charge in [-0.15, -0.1) is 0 Å². The second-order valence-corrected chi connectivity index (χ2v) is 5.96. The number of nitrogens with zero attached hydrogens (tertiary/aromatic N) is 1. The Labute approximate surface area is 133 Å². The molecule has 0 saturated heterocycles. The molecule has 0 fully saturated rings. The first-order chi connectivity index (χ1) is 10.2. The van der Waals surface area contributed by atoms with Gasteiger partial charge in [-0.3, -0.25) is 19.8 Å². The Kier molecular flexibility index (Phi) is 9.97. The minimum Gasteiger partial charge on any atom is -0.480 e. The van der Waals surface area contributed by atoms with Crippen LogP contribution in [0.4, 0.5) is 0 Å². The van der Waals surface area contributed by atoms with E-state index >= 15 is 0 Å². The Bertz CT molecular complexity index is 350. The summed E-state index contributed by atoms with van der Waals surface area (Å²) in [4.78, 5) is 24.2. The second-order valence-electron chi connectivity index (χ2n) is 5.96. The van der Waals surface area contributed by atoms with Crippen LogP contribution < -0.4 is 10.6 Å². The molecule has 1 unspecified atom stereocenters. The van der Waals surface area contributed by atoms with Crippen LogP contribution in [0, 0.1) is 5.92 Å². The average molecular weight is 317 g/mol. The lowest BCUT2D eigenvalue weighted by atomic mass is 9.98. The fraction of sp³-hybridized carbons (Fsp3) is 0.867. The Balaban J connectivity index is 4.47. The smallest absolute Gasteiger partial charge is 0.321 e. The molecule has 22 heavy (non-hydrogen) atoms. The van der Waals surface area contributed by atoms with Crippen molar-refractivity contribution in [2.75, 3.05) is 21.1 Å². The Morgan fingerprint density at radius 2 is 1.73 bits per heavy atom. The lowest BCUT2D eigenvalue weighted by Gasteiger charge is -2.27. The van der Waals surface area contributed by atoms with Gasteiger partial charge in [0.15, 0.2) is 0 Å². The van der Waals surface area contributed by atoms with E-state index in [-0.39, 0.29) is 12.1 Å². The third-order valence-corrected chi connectivity index (χ3v) is 4.09. The van der Waals surface area contributed by atoms with Gasteiger partial charge in [-0.05, 0) is 46.3 Å². The van der Waals surface area contributed by atoms with Gasteiger partial charge in [0.05, 0.1) is 6.17 Å². The molecule has 0 rings (SSSR count). The minimum absolute atomic E-state index is 0.0295. The maximum atomic E-state index is 11.3. The van der Waals surface area contributed by atoms with Gasteiger partial charge in [0.2, 0.25) is 0 Å². The predicted molar refractivity (Wildman–Crippen MR) is 85.8 cm³/mol. The molecular formula is C15H31N3O4. The molecule has 7 nitrogen and oxygen atoms in total. The number of nitrogens with one attached hydrogen (secondary N) is 2. The van der Waals surface area contributed by atoms with Crippen LogP contribution in [0.15, 0.2) is 0 Å². The predicted octanol–water partition coefficient (Wildman–Crippen LogP) is 0.806. The molecule has 0 aliphatic heterocycles. The van der Waals surface area contributed by atoms with E-state index in [0.29, 0.717) is 19.3 Å². The van der Waals surface area contributed by atoms with Gasteiger partial charge in [-0.1, -0.05) is 20.3 Å². The molecular weight excluding hydrogens is 286 g/mol. The summed E-state index contributed by atoms with van der Waals surface area (Å²) >= 11 is 0. The van der Waals surface area contributed by atoms with Crippen LogP contribution in [0.3, 0.4) is 0 Å². The molecule has 0 bridgehead atoms. The average Bonchev–Trinajstić information content (AvgIpc) is 2.44. The minimum atomic E-state index is -0.855. The van der Waals surface area contributed by atoms with Crippen LogP contribution in [0.1, 0.15) is 39.5 Å². The molecule has 4 atom stereocenters. The van der Waals surface area contributed by atoms with Gasteiger partial charge < -0.3 is 15.5 Å². The lowest BCUT2D eigenvalue weighted by molar-refractivity contribution is -0.142. The highest BCUT2D eigenvalue weighted by Crippen LogP contribution is 2.12. The summed E-state index contributed by atoms with van der Waals surface area (Å²) < 4.78 is 0. The molecule has 0 aromatic rings. The molecule has 0 amide bonds. The second kappa shape index (κ2) is 10.5. The number of likely N-dealkylation sites (N-methyl/N-ethyl adjacent to an activating group) is 1. The van der Waals surface area contributed by atoms with Crippen molar-refractivity contribution in [3.05, 3.63) is 0 Å². The van der Waals surface area contributed by atoms with Crippen LogP contribution >= 0.6 is 0 Å². The maximum absolute atomic E-state index is 11.3. The van der Waals surface area contributed by atoms with Crippen molar-refractivity contribution in [2.24, 2.45) is 5.92 Å². The van der Waals surface area contributed by atoms with Crippen LogP contribution in [-0.2, 0) is 9.59 Å². The van der Waals surface area contributed by atoms with Gasteiger partial charge >= 0.3 is 11.9 Å². The summed E-state index contributed by atoms with van der Waals surface area (Å²) in [5.74, 6) is -1.66. The topological polar surface area (TPSA) is 102 Å². The molecule has 0 heterocycles. The zero-order chi connectivity index (χ0) is 17.3. The van der Waals surface area contributed by atoms with Crippen LogP contribution in [-0.4, -0.2) is 66.4 Å². The monoisotopic (exact) mass is 317 g/mol. The van der Waals surface area contributed by atoms with E-state index in [9.17, 15) is 14.7 Å². The number of carboxylic acids is 2. The first-order valence-corrected chi connectivity index (χ1v) is 7.79. The molecule has 7 heteroatoms. The molecule has 0 aromatic carbocycles. The number of hydrogen-bond donors (Lipinski definition) is 4. The number of aliphatic carboxylic acids is 2. The zero-order valence-electron chi connectivity index (χ0n) is 14.3. The van der Waals surface area contributed by atoms with E-state index in [1.165, 1.54) is 0 Å².